The fourth-order valence-electron chi connectivity index (χ4n) is 1.83. The van der Waals surface area contributed by atoms with Crippen molar-refractivity contribution >= 4 is 5.97 Å². The SMILES string of the molecule is CCOC(=O)c1c(-c2cccc(C)c2F)noc1C. The third-order valence-corrected chi connectivity index (χ3v) is 2.79. The molecular weight excluding hydrogens is 249 g/mol. The van der Waals surface area contributed by atoms with E-state index in [2.05, 4.69) is 5.16 Å². The van der Waals surface area contributed by atoms with E-state index in [0.717, 1.165) is 0 Å². The summed E-state index contributed by atoms with van der Waals surface area (Å²) in [6, 6.07) is 4.91. The number of aryl methyl sites for hydroxylation is 2. The smallest absolute Gasteiger partial charge is 0.344 e. The quantitative estimate of drug-likeness (QED) is 0.797. The zero-order chi connectivity index (χ0) is 14.0. The first-order valence-electron chi connectivity index (χ1n) is 5.95. The lowest BCUT2D eigenvalue weighted by Crippen LogP contribution is -2.07. The summed E-state index contributed by atoms with van der Waals surface area (Å²) in [5.41, 5.74) is 1.07. The normalized spacial score (nSPS) is 10.5. The summed E-state index contributed by atoms with van der Waals surface area (Å²) in [7, 11) is 0. The molecule has 1 heterocycles. The van der Waals surface area contributed by atoms with Gasteiger partial charge in [-0.15, -0.1) is 0 Å². The number of rotatable bonds is 3. The Morgan fingerprint density at radius 2 is 2.16 bits per heavy atom. The maximum atomic E-state index is 14.1. The molecule has 0 saturated carbocycles. The molecule has 0 unspecified atom stereocenters. The van der Waals surface area contributed by atoms with Gasteiger partial charge in [0.2, 0.25) is 0 Å². The second-order valence-corrected chi connectivity index (χ2v) is 4.12. The highest BCUT2D eigenvalue weighted by Crippen LogP contribution is 2.29. The Balaban J connectivity index is 2.57. The van der Waals surface area contributed by atoms with Crippen molar-refractivity contribution < 1.29 is 18.4 Å². The van der Waals surface area contributed by atoms with E-state index in [9.17, 15) is 9.18 Å². The Bertz CT molecular complexity index is 619. The summed E-state index contributed by atoms with van der Waals surface area (Å²) >= 11 is 0. The largest absolute Gasteiger partial charge is 0.462 e. The molecule has 0 spiro atoms. The van der Waals surface area contributed by atoms with Gasteiger partial charge in [-0.2, -0.15) is 0 Å². The van der Waals surface area contributed by atoms with E-state index in [1.807, 2.05) is 0 Å². The second kappa shape index (κ2) is 5.22. The van der Waals surface area contributed by atoms with Crippen LogP contribution in [0.2, 0.25) is 0 Å². The van der Waals surface area contributed by atoms with Crippen LogP contribution < -0.4 is 0 Å². The molecule has 19 heavy (non-hydrogen) atoms. The summed E-state index contributed by atoms with van der Waals surface area (Å²) in [4.78, 5) is 11.9. The van der Waals surface area contributed by atoms with Crippen LogP contribution >= 0.6 is 0 Å². The minimum absolute atomic E-state index is 0.173. The first-order chi connectivity index (χ1) is 9.06. The zero-order valence-electron chi connectivity index (χ0n) is 11.0. The van der Waals surface area contributed by atoms with Gasteiger partial charge in [-0.05, 0) is 32.4 Å². The lowest BCUT2D eigenvalue weighted by molar-refractivity contribution is 0.0525. The van der Waals surface area contributed by atoms with E-state index in [1.54, 1.807) is 39.0 Å². The number of nitrogens with zero attached hydrogens (tertiary/aromatic N) is 1. The highest BCUT2D eigenvalue weighted by atomic mass is 19.1. The van der Waals surface area contributed by atoms with Crippen molar-refractivity contribution in [2.45, 2.75) is 20.8 Å². The maximum absolute atomic E-state index is 14.1. The molecule has 0 bridgehead atoms. The summed E-state index contributed by atoms with van der Waals surface area (Å²) < 4.78 is 24.0. The van der Waals surface area contributed by atoms with Gasteiger partial charge in [-0.1, -0.05) is 17.3 Å². The lowest BCUT2D eigenvalue weighted by atomic mass is 10.0. The molecular formula is C14H14FNO3. The number of halogens is 1. The van der Waals surface area contributed by atoms with E-state index in [1.165, 1.54) is 0 Å². The average molecular weight is 263 g/mol. The first kappa shape index (κ1) is 13.3. The lowest BCUT2D eigenvalue weighted by Gasteiger charge is -2.05. The first-order valence-corrected chi connectivity index (χ1v) is 5.95. The molecule has 1 aromatic carbocycles. The monoisotopic (exact) mass is 263 g/mol. The molecule has 0 aliphatic heterocycles. The van der Waals surface area contributed by atoms with Gasteiger partial charge in [0.1, 0.15) is 22.8 Å². The number of esters is 1. The Morgan fingerprint density at radius 3 is 2.84 bits per heavy atom. The van der Waals surface area contributed by atoms with Crippen LogP contribution in [0, 0.1) is 19.7 Å². The third-order valence-electron chi connectivity index (χ3n) is 2.79. The summed E-state index contributed by atoms with van der Waals surface area (Å²) in [5.74, 6) is -0.659. The molecule has 0 N–H and O–H groups in total. The molecule has 2 aromatic rings. The van der Waals surface area contributed by atoms with Crippen LogP contribution in [-0.2, 0) is 4.74 Å². The number of hydrogen-bond donors (Lipinski definition) is 0. The fraction of sp³-hybridized carbons (Fsp3) is 0.286. The van der Waals surface area contributed by atoms with Crippen molar-refractivity contribution in [1.82, 2.24) is 5.16 Å². The van der Waals surface area contributed by atoms with Crippen molar-refractivity contribution in [1.29, 1.82) is 0 Å². The summed E-state index contributed by atoms with van der Waals surface area (Å²) in [6.07, 6.45) is 0. The van der Waals surface area contributed by atoms with Crippen LogP contribution in [0.25, 0.3) is 11.3 Å². The van der Waals surface area contributed by atoms with Gasteiger partial charge in [0, 0.05) is 5.56 Å². The van der Waals surface area contributed by atoms with Crippen LogP contribution in [0.4, 0.5) is 4.39 Å². The number of hydrogen-bond acceptors (Lipinski definition) is 4. The average Bonchev–Trinajstić information content (AvgIpc) is 2.75. The predicted octanol–water partition coefficient (Wildman–Crippen LogP) is 3.27. The number of benzene rings is 1. The van der Waals surface area contributed by atoms with E-state index < -0.39 is 11.8 Å². The molecule has 0 amide bonds. The van der Waals surface area contributed by atoms with E-state index in [4.69, 9.17) is 9.26 Å². The molecule has 0 saturated heterocycles. The van der Waals surface area contributed by atoms with Gasteiger partial charge in [0.05, 0.1) is 6.61 Å². The molecule has 0 aliphatic rings. The molecule has 0 atom stereocenters. The van der Waals surface area contributed by atoms with Crippen LogP contribution in [0.5, 0.6) is 0 Å². The van der Waals surface area contributed by atoms with Crippen LogP contribution in [-0.4, -0.2) is 17.7 Å². The minimum Gasteiger partial charge on any atom is -0.462 e. The highest BCUT2D eigenvalue weighted by Gasteiger charge is 2.24. The Labute approximate surface area is 110 Å². The molecule has 5 heteroatoms. The van der Waals surface area contributed by atoms with Crippen molar-refractivity contribution in [3.05, 3.63) is 40.9 Å². The summed E-state index contributed by atoms with van der Waals surface area (Å²) in [6.45, 7) is 5.18. The highest BCUT2D eigenvalue weighted by molar-refractivity contribution is 5.97. The van der Waals surface area contributed by atoms with Crippen LogP contribution in [0.1, 0.15) is 28.6 Å². The summed E-state index contributed by atoms with van der Waals surface area (Å²) in [5, 5.41) is 3.78. The molecule has 4 nitrogen and oxygen atoms in total. The van der Waals surface area contributed by atoms with E-state index >= 15 is 0 Å². The van der Waals surface area contributed by atoms with Gasteiger partial charge in [0.25, 0.3) is 0 Å². The number of ether oxygens (including phenoxy) is 1. The predicted molar refractivity (Wildman–Crippen MR) is 67.3 cm³/mol. The molecule has 2 rings (SSSR count). The molecule has 0 radical (unpaired) electrons. The van der Waals surface area contributed by atoms with Gasteiger partial charge in [-0.3, -0.25) is 0 Å². The van der Waals surface area contributed by atoms with Gasteiger partial charge >= 0.3 is 5.97 Å². The maximum Gasteiger partial charge on any atom is 0.344 e. The van der Waals surface area contributed by atoms with Crippen molar-refractivity contribution in [3.63, 3.8) is 0 Å². The zero-order valence-corrected chi connectivity index (χ0v) is 11.0. The van der Waals surface area contributed by atoms with E-state index in [0.29, 0.717) is 11.3 Å². The third kappa shape index (κ3) is 2.36. The number of carbonyl (C=O) groups excluding carboxylic acids is 1. The Hall–Kier alpha value is -2.17. The molecule has 0 aliphatic carbocycles. The van der Waals surface area contributed by atoms with Gasteiger partial charge in [0.15, 0.2) is 0 Å². The Morgan fingerprint density at radius 1 is 1.42 bits per heavy atom. The van der Waals surface area contributed by atoms with Crippen molar-refractivity contribution in [2.75, 3.05) is 6.61 Å². The topological polar surface area (TPSA) is 52.3 Å². The van der Waals surface area contributed by atoms with Gasteiger partial charge < -0.3 is 9.26 Å². The molecule has 1 aromatic heterocycles. The minimum atomic E-state index is -0.558. The standard InChI is InChI=1S/C14H14FNO3/c1-4-18-14(17)11-9(3)19-16-13(11)10-7-5-6-8(2)12(10)15/h5-7H,4H2,1-3H3. The second-order valence-electron chi connectivity index (χ2n) is 4.12. The van der Waals surface area contributed by atoms with Crippen LogP contribution in [0.15, 0.2) is 22.7 Å². The van der Waals surface area contributed by atoms with Gasteiger partial charge in [-0.25, -0.2) is 9.18 Å². The van der Waals surface area contributed by atoms with E-state index in [-0.39, 0.29) is 23.4 Å². The fourth-order valence-corrected chi connectivity index (χ4v) is 1.83. The van der Waals surface area contributed by atoms with Crippen molar-refractivity contribution in [2.24, 2.45) is 0 Å². The van der Waals surface area contributed by atoms with Crippen molar-refractivity contribution in [3.8, 4) is 11.3 Å². The molecule has 0 fully saturated rings. The Kier molecular flexibility index (Phi) is 3.64. The molecule has 100 valence electrons. The number of carbonyl (C=O) groups is 1. The number of aromatic nitrogens is 1. The van der Waals surface area contributed by atoms with Crippen LogP contribution in [0.3, 0.4) is 0 Å².